The molecule has 0 radical (unpaired) electrons. The molecule has 2 rings (SSSR count). The van der Waals surface area contributed by atoms with Gasteiger partial charge in [0.15, 0.2) is 0 Å². The van der Waals surface area contributed by atoms with Crippen molar-refractivity contribution in [2.75, 3.05) is 0 Å². The van der Waals surface area contributed by atoms with Crippen LogP contribution < -0.4 is 0 Å². The van der Waals surface area contributed by atoms with Crippen molar-refractivity contribution in [1.29, 1.82) is 0 Å². The second-order valence-electron chi connectivity index (χ2n) is 2.49. The molecule has 0 saturated carbocycles. The van der Waals surface area contributed by atoms with Crippen molar-refractivity contribution in [3.8, 4) is 0 Å². The Morgan fingerprint density at radius 3 is 3.09 bits per heavy atom. The maximum absolute atomic E-state index is 4.10. The lowest BCUT2D eigenvalue weighted by atomic mass is 10.2. The Morgan fingerprint density at radius 2 is 2.27 bits per heavy atom. The van der Waals surface area contributed by atoms with Gasteiger partial charge in [-0.2, -0.15) is 5.10 Å². The first-order valence-corrected chi connectivity index (χ1v) is 3.67. The first-order valence-electron chi connectivity index (χ1n) is 3.67. The van der Waals surface area contributed by atoms with E-state index in [0.717, 1.165) is 17.3 Å². The molecule has 2 aromatic heterocycles. The first kappa shape index (κ1) is 6.34. The minimum absolute atomic E-state index is 0.993. The highest BCUT2D eigenvalue weighted by Gasteiger charge is 1.99. The lowest BCUT2D eigenvalue weighted by molar-refractivity contribution is 1.08. The van der Waals surface area contributed by atoms with E-state index in [1.54, 1.807) is 6.20 Å². The van der Waals surface area contributed by atoms with Crippen LogP contribution in [0.5, 0.6) is 0 Å². The molecule has 0 atom stereocenters. The molecule has 0 aliphatic heterocycles. The number of hydrogen-bond donors (Lipinski definition) is 1. The quantitative estimate of drug-likeness (QED) is 0.664. The van der Waals surface area contributed by atoms with E-state index < -0.39 is 0 Å². The third-order valence-corrected chi connectivity index (χ3v) is 1.81. The molecule has 2 heterocycles. The molecule has 0 aromatic carbocycles. The summed E-state index contributed by atoms with van der Waals surface area (Å²) >= 11 is 0. The number of aromatic amines is 1. The van der Waals surface area contributed by atoms with Gasteiger partial charge in [-0.3, -0.25) is 10.1 Å². The van der Waals surface area contributed by atoms with Gasteiger partial charge >= 0.3 is 0 Å². The van der Waals surface area contributed by atoms with Gasteiger partial charge in [0, 0.05) is 17.8 Å². The van der Waals surface area contributed by atoms with E-state index in [0.29, 0.717) is 0 Å². The van der Waals surface area contributed by atoms with E-state index in [9.17, 15) is 0 Å². The standard InChI is InChI=1S/C8H9N3/c1-2-6-3-9-4-7-5-10-11-8(6)7/h3-5H,2H2,1H3,(H,10,11). The molecule has 3 heteroatoms. The van der Waals surface area contributed by atoms with Gasteiger partial charge in [-0.05, 0) is 12.0 Å². The second kappa shape index (κ2) is 2.34. The summed E-state index contributed by atoms with van der Waals surface area (Å²) in [6.45, 7) is 2.11. The predicted molar refractivity (Wildman–Crippen MR) is 43.3 cm³/mol. The topological polar surface area (TPSA) is 41.6 Å². The van der Waals surface area contributed by atoms with Crippen LogP contribution in [0.25, 0.3) is 10.9 Å². The zero-order valence-corrected chi connectivity index (χ0v) is 6.33. The van der Waals surface area contributed by atoms with Gasteiger partial charge in [0.2, 0.25) is 0 Å². The Labute approximate surface area is 64.5 Å². The van der Waals surface area contributed by atoms with E-state index in [4.69, 9.17) is 0 Å². The van der Waals surface area contributed by atoms with Crippen LogP contribution >= 0.6 is 0 Å². The zero-order chi connectivity index (χ0) is 7.68. The van der Waals surface area contributed by atoms with Crippen molar-refractivity contribution >= 4 is 10.9 Å². The molecule has 1 N–H and O–H groups in total. The molecular formula is C8H9N3. The van der Waals surface area contributed by atoms with Crippen LogP contribution in [-0.2, 0) is 6.42 Å². The minimum Gasteiger partial charge on any atom is -0.277 e. The fourth-order valence-corrected chi connectivity index (χ4v) is 1.19. The number of fused-ring (bicyclic) bond motifs is 1. The number of rotatable bonds is 1. The number of hydrogen-bond acceptors (Lipinski definition) is 2. The molecule has 0 saturated heterocycles. The van der Waals surface area contributed by atoms with Crippen LogP contribution in [0.4, 0.5) is 0 Å². The largest absolute Gasteiger partial charge is 0.277 e. The van der Waals surface area contributed by atoms with Crippen molar-refractivity contribution < 1.29 is 0 Å². The maximum atomic E-state index is 4.10. The maximum Gasteiger partial charge on any atom is 0.0713 e. The predicted octanol–water partition coefficient (Wildman–Crippen LogP) is 1.52. The summed E-state index contributed by atoms with van der Waals surface area (Å²) in [5, 5.41) is 7.98. The number of H-pyrrole nitrogens is 1. The van der Waals surface area contributed by atoms with Gasteiger partial charge in [-0.15, -0.1) is 0 Å². The normalized spacial score (nSPS) is 10.6. The molecule has 0 amide bonds. The molecular weight excluding hydrogens is 138 g/mol. The minimum atomic E-state index is 0.993. The molecule has 0 aliphatic carbocycles. The number of nitrogens with one attached hydrogen (secondary N) is 1. The number of aryl methyl sites for hydroxylation is 1. The van der Waals surface area contributed by atoms with Crippen molar-refractivity contribution in [3.63, 3.8) is 0 Å². The van der Waals surface area contributed by atoms with E-state index in [1.165, 1.54) is 5.56 Å². The highest BCUT2D eigenvalue weighted by atomic mass is 15.1. The van der Waals surface area contributed by atoms with Gasteiger partial charge in [0.25, 0.3) is 0 Å². The Kier molecular flexibility index (Phi) is 1.35. The molecule has 0 aliphatic rings. The summed E-state index contributed by atoms with van der Waals surface area (Å²) in [6.07, 6.45) is 6.48. The summed E-state index contributed by atoms with van der Waals surface area (Å²) in [5.74, 6) is 0. The smallest absolute Gasteiger partial charge is 0.0713 e. The van der Waals surface area contributed by atoms with Gasteiger partial charge in [-0.25, -0.2) is 0 Å². The van der Waals surface area contributed by atoms with Crippen LogP contribution in [0.3, 0.4) is 0 Å². The van der Waals surface area contributed by atoms with Gasteiger partial charge in [0.1, 0.15) is 0 Å². The molecule has 56 valence electrons. The highest BCUT2D eigenvalue weighted by molar-refractivity contribution is 5.79. The van der Waals surface area contributed by atoms with E-state index in [2.05, 4.69) is 22.1 Å². The number of aromatic nitrogens is 3. The summed E-state index contributed by atoms with van der Waals surface area (Å²) < 4.78 is 0. The van der Waals surface area contributed by atoms with Crippen LogP contribution in [0.15, 0.2) is 18.6 Å². The van der Waals surface area contributed by atoms with Crippen LogP contribution in [0.1, 0.15) is 12.5 Å². The van der Waals surface area contributed by atoms with Crippen molar-refractivity contribution in [1.82, 2.24) is 15.2 Å². The fourth-order valence-electron chi connectivity index (χ4n) is 1.19. The number of pyridine rings is 1. The van der Waals surface area contributed by atoms with Crippen LogP contribution in [-0.4, -0.2) is 15.2 Å². The Bertz CT molecular complexity index is 364. The molecule has 0 unspecified atom stereocenters. The summed E-state index contributed by atoms with van der Waals surface area (Å²) in [7, 11) is 0. The third-order valence-electron chi connectivity index (χ3n) is 1.81. The molecule has 11 heavy (non-hydrogen) atoms. The molecule has 2 aromatic rings. The van der Waals surface area contributed by atoms with Crippen LogP contribution in [0, 0.1) is 0 Å². The monoisotopic (exact) mass is 147 g/mol. The van der Waals surface area contributed by atoms with Crippen LogP contribution in [0.2, 0.25) is 0 Å². The SMILES string of the molecule is CCc1cncc2cn[nH]c12. The zero-order valence-electron chi connectivity index (χ0n) is 6.33. The molecule has 0 fully saturated rings. The van der Waals surface area contributed by atoms with Crippen molar-refractivity contribution in [2.45, 2.75) is 13.3 Å². The Balaban J connectivity index is 2.79. The molecule has 0 spiro atoms. The Morgan fingerprint density at radius 1 is 1.36 bits per heavy atom. The van der Waals surface area contributed by atoms with Crippen molar-refractivity contribution in [2.24, 2.45) is 0 Å². The van der Waals surface area contributed by atoms with Crippen molar-refractivity contribution in [3.05, 3.63) is 24.2 Å². The average Bonchev–Trinajstić information content (AvgIpc) is 2.50. The summed E-state index contributed by atoms with van der Waals surface area (Å²) in [5.41, 5.74) is 2.34. The first-order chi connectivity index (χ1) is 5.42. The lowest BCUT2D eigenvalue weighted by Gasteiger charge is -1.95. The van der Waals surface area contributed by atoms with Gasteiger partial charge in [0.05, 0.1) is 11.7 Å². The highest BCUT2D eigenvalue weighted by Crippen LogP contribution is 2.13. The van der Waals surface area contributed by atoms with E-state index >= 15 is 0 Å². The van der Waals surface area contributed by atoms with Gasteiger partial charge < -0.3 is 0 Å². The number of nitrogens with zero attached hydrogens (tertiary/aromatic N) is 2. The Hall–Kier alpha value is -1.38. The third kappa shape index (κ3) is 0.888. The molecule has 3 nitrogen and oxygen atoms in total. The fraction of sp³-hybridized carbons (Fsp3) is 0.250. The van der Waals surface area contributed by atoms with Gasteiger partial charge in [-0.1, -0.05) is 6.92 Å². The van der Waals surface area contributed by atoms with E-state index in [-0.39, 0.29) is 0 Å². The van der Waals surface area contributed by atoms with E-state index in [1.807, 2.05) is 12.4 Å². The average molecular weight is 147 g/mol. The lowest BCUT2D eigenvalue weighted by Crippen LogP contribution is -1.84. The summed E-state index contributed by atoms with van der Waals surface area (Å²) in [4.78, 5) is 4.10. The molecule has 0 bridgehead atoms. The second-order valence-corrected chi connectivity index (χ2v) is 2.49. The summed E-state index contributed by atoms with van der Waals surface area (Å²) in [6, 6.07) is 0.